The molecule has 0 aromatic heterocycles. The molecule has 1 amide bonds. The maximum Gasteiger partial charge on any atom is 0.224 e. The molecule has 1 fully saturated rings. The Labute approximate surface area is 103 Å². The Balaban J connectivity index is 2.12. The number of amides is 1. The van der Waals surface area contributed by atoms with E-state index >= 15 is 0 Å². The van der Waals surface area contributed by atoms with Gasteiger partial charge in [0, 0.05) is 26.2 Å². The molecule has 1 aliphatic heterocycles. The molecule has 0 saturated carbocycles. The molecule has 1 heterocycles. The van der Waals surface area contributed by atoms with Crippen LogP contribution in [0.25, 0.3) is 0 Å². The normalized spacial score (nSPS) is 17.4. The van der Waals surface area contributed by atoms with Crippen LogP contribution in [0, 0.1) is 0 Å². The van der Waals surface area contributed by atoms with E-state index in [-0.39, 0.29) is 5.91 Å². The van der Waals surface area contributed by atoms with E-state index in [0.717, 1.165) is 32.5 Å². The van der Waals surface area contributed by atoms with E-state index in [1.807, 2.05) is 11.8 Å². The first-order chi connectivity index (χ1) is 8.27. The fraction of sp³-hybridized carbons (Fsp3) is 0.917. The van der Waals surface area contributed by atoms with Gasteiger partial charge in [0.2, 0.25) is 5.91 Å². The zero-order valence-electron chi connectivity index (χ0n) is 10.7. The van der Waals surface area contributed by atoms with Crippen LogP contribution >= 0.6 is 0 Å². The topological polar surface area (TPSA) is 64.8 Å². The Hall–Kier alpha value is -0.650. The van der Waals surface area contributed by atoms with Crippen LogP contribution in [0.15, 0.2) is 0 Å². The molecule has 2 N–H and O–H groups in total. The number of rotatable bonds is 7. The molecule has 5 heteroatoms. The van der Waals surface area contributed by atoms with Crippen LogP contribution in [-0.2, 0) is 14.3 Å². The van der Waals surface area contributed by atoms with E-state index in [2.05, 4.69) is 0 Å². The maximum atomic E-state index is 11.8. The van der Waals surface area contributed by atoms with E-state index in [4.69, 9.17) is 15.2 Å². The van der Waals surface area contributed by atoms with E-state index in [0.29, 0.717) is 32.3 Å². The van der Waals surface area contributed by atoms with Crippen LogP contribution in [0.2, 0.25) is 0 Å². The van der Waals surface area contributed by atoms with Crippen molar-refractivity contribution in [3.8, 4) is 0 Å². The fourth-order valence-electron chi connectivity index (χ4n) is 2.01. The number of likely N-dealkylation sites (tertiary alicyclic amines) is 1. The molecular formula is C12H24N2O3. The Morgan fingerprint density at radius 1 is 1.35 bits per heavy atom. The van der Waals surface area contributed by atoms with Gasteiger partial charge in [-0.3, -0.25) is 4.79 Å². The number of hydrogen-bond acceptors (Lipinski definition) is 4. The second kappa shape index (κ2) is 8.44. The summed E-state index contributed by atoms with van der Waals surface area (Å²) in [5.74, 6) is 0.178. The third-order valence-corrected chi connectivity index (χ3v) is 2.92. The van der Waals surface area contributed by atoms with Crippen molar-refractivity contribution in [2.24, 2.45) is 5.73 Å². The summed E-state index contributed by atoms with van der Waals surface area (Å²) in [6.45, 7) is 5.88. The highest BCUT2D eigenvalue weighted by atomic mass is 16.5. The van der Waals surface area contributed by atoms with Crippen LogP contribution in [0.5, 0.6) is 0 Å². The first-order valence-corrected chi connectivity index (χ1v) is 6.45. The second-order valence-corrected chi connectivity index (χ2v) is 4.19. The van der Waals surface area contributed by atoms with Gasteiger partial charge in [0.25, 0.3) is 0 Å². The minimum absolute atomic E-state index is 0.178. The summed E-state index contributed by atoms with van der Waals surface area (Å²) in [5, 5.41) is 0. The Bertz CT molecular complexity index is 216. The highest BCUT2D eigenvalue weighted by Crippen LogP contribution is 2.14. The summed E-state index contributed by atoms with van der Waals surface area (Å²) in [6, 6.07) is 0. The van der Waals surface area contributed by atoms with Crippen molar-refractivity contribution in [2.75, 3.05) is 39.5 Å². The lowest BCUT2D eigenvalue weighted by Crippen LogP contribution is -2.41. The van der Waals surface area contributed by atoms with Gasteiger partial charge in [0.15, 0.2) is 0 Å². The number of ether oxygens (including phenoxy) is 2. The van der Waals surface area contributed by atoms with Crippen molar-refractivity contribution in [3.63, 3.8) is 0 Å². The summed E-state index contributed by atoms with van der Waals surface area (Å²) in [7, 11) is 0. The molecule has 1 saturated heterocycles. The first kappa shape index (κ1) is 14.4. The zero-order chi connectivity index (χ0) is 12.5. The minimum atomic E-state index is 0.178. The fourth-order valence-corrected chi connectivity index (χ4v) is 2.01. The SMILES string of the molecule is CCOC1CCN(C(=O)CCOCCN)CC1. The Morgan fingerprint density at radius 2 is 2.06 bits per heavy atom. The third kappa shape index (κ3) is 5.48. The monoisotopic (exact) mass is 244 g/mol. The summed E-state index contributed by atoms with van der Waals surface area (Å²) in [4.78, 5) is 13.7. The van der Waals surface area contributed by atoms with Crippen molar-refractivity contribution in [1.29, 1.82) is 0 Å². The molecular weight excluding hydrogens is 220 g/mol. The average molecular weight is 244 g/mol. The van der Waals surface area contributed by atoms with Crippen molar-refractivity contribution < 1.29 is 14.3 Å². The van der Waals surface area contributed by atoms with E-state index < -0.39 is 0 Å². The molecule has 0 spiro atoms. The van der Waals surface area contributed by atoms with Gasteiger partial charge in [-0.25, -0.2) is 0 Å². The van der Waals surface area contributed by atoms with Crippen molar-refractivity contribution >= 4 is 5.91 Å². The Morgan fingerprint density at radius 3 is 2.65 bits per heavy atom. The summed E-state index contributed by atoms with van der Waals surface area (Å²) in [5.41, 5.74) is 5.30. The van der Waals surface area contributed by atoms with Gasteiger partial charge < -0.3 is 20.1 Å². The molecule has 0 radical (unpaired) electrons. The van der Waals surface area contributed by atoms with Gasteiger partial charge in [0.05, 0.1) is 25.7 Å². The lowest BCUT2D eigenvalue weighted by Gasteiger charge is -2.31. The molecule has 0 bridgehead atoms. The molecule has 0 aromatic rings. The number of hydrogen-bond donors (Lipinski definition) is 1. The minimum Gasteiger partial charge on any atom is -0.380 e. The largest absolute Gasteiger partial charge is 0.380 e. The number of nitrogens with zero attached hydrogens (tertiary/aromatic N) is 1. The van der Waals surface area contributed by atoms with E-state index in [1.165, 1.54) is 0 Å². The third-order valence-electron chi connectivity index (χ3n) is 2.92. The van der Waals surface area contributed by atoms with Crippen LogP contribution in [0.1, 0.15) is 26.2 Å². The quantitative estimate of drug-likeness (QED) is 0.658. The van der Waals surface area contributed by atoms with Gasteiger partial charge in [-0.15, -0.1) is 0 Å². The standard InChI is InChI=1S/C12H24N2O3/c1-2-17-11-3-7-14(8-4-11)12(15)5-9-16-10-6-13/h11H,2-10,13H2,1H3. The van der Waals surface area contributed by atoms with E-state index in [9.17, 15) is 4.79 Å². The zero-order valence-corrected chi connectivity index (χ0v) is 10.7. The van der Waals surface area contributed by atoms with Gasteiger partial charge in [-0.1, -0.05) is 0 Å². The van der Waals surface area contributed by atoms with Crippen molar-refractivity contribution in [3.05, 3.63) is 0 Å². The number of nitrogens with two attached hydrogens (primary N) is 1. The van der Waals surface area contributed by atoms with Crippen LogP contribution in [0.3, 0.4) is 0 Å². The van der Waals surface area contributed by atoms with Gasteiger partial charge in [-0.05, 0) is 19.8 Å². The second-order valence-electron chi connectivity index (χ2n) is 4.19. The van der Waals surface area contributed by atoms with Crippen LogP contribution in [-0.4, -0.2) is 56.4 Å². The maximum absolute atomic E-state index is 11.8. The molecule has 0 aromatic carbocycles. The van der Waals surface area contributed by atoms with Gasteiger partial charge in [0.1, 0.15) is 0 Å². The summed E-state index contributed by atoms with van der Waals surface area (Å²) >= 11 is 0. The number of carbonyl (C=O) groups excluding carboxylic acids is 1. The summed E-state index contributed by atoms with van der Waals surface area (Å²) in [6.07, 6.45) is 2.68. The molecule has 1 rings (SSSR count). The van der Waals surface area contributed by atoms with Crippen molar-refractivity contribution in [2.45, 2.75) is 32.3 Å². The Kier molecular flexibility index (Phi) is 7.16. The lowest BCUT2D eigenvalue weighted by atomic mass is 10.1. The number of piperidine rings is 1. The molecule has 100 valence electrons. The molecule has 0 atom stereocenters. The van der Waals surface area contributed by atoms with Crippen LogP contribution in [0.4, 0.5) is 0 Å². The van der Waals surface area contributed by atoms with Crippen LogP contribution < -0.4 is 5.73 Å². The number of carbonyl (C=O) groups is 1. The lowest BCUT2D eigenvalue weighted by molar-refractivity contribution is -0.134. The average Bonchev–Trinajstić information content (AvgIpc) is 2.36. The predicted molar refractivity (Wildman–Crippen MR) is 65.7 cm³/mol. The van der Waals surface area contributed by atoms with E-state index in [1.54, 1.807) is 0 Å². The molecule has 1 aliphatic rings. The first-order valence-electron chi connectivity index (χ1n) is 6.45. The smallest absolute Gasteiger partial charge is 0.224 e. The van der Waals surface area contributed by atoms with Gasteiger partial charge in [-0.2, -0.15) is 0 Å². The molecule has 0 unspecified atom stereocenters. The molecule has 5 nitrogen and oxygen atoms in total. The highest BCUT2D eigenvalue weighted by Gasteiger charge is 2.22. The predicted octanol–water partition coefficient (Wildman–Crippen LogP) is 0.379. The van der Waals surface area contributed by atoms with Crippen molar-refractivity contribution in [1.82, 2.24) is 4.90 Å². The highest BCUT2D eigenvalue weighted by molar-refractivity contribution is 5.76. The van der Waals surface area contributed by atoms with Gasteiger partial charge >= 0.3 is 0 Å². The molecule has 0 aliphatic carbocycles. The molecule has 17 heavy (non-hydrogen) atoms. The summed E-state index contributed by atoms with van der Waals surface area (Å²) < 4.78 is 10.8.